The quantitative estimate of drug-likeness (QED) is 0.842. The summed E-state index contributed by atoms with van der Waals surface area (Å²) in [6, 6.07) is 15.0. The normalized spacial score (nSPS) is 10.6. The maximum absolute atomic E-state index is 12.0. The highest BCUT2D eigenvalue weighted by atomic mass is 35.5. The van der Waals surface area contributed by atoms with Crippen molar-refractivity contribution in [2.24, 2.45) is 0 Å². The van der Waals surface area contributed by atoms with Gasteiger partial charge in [-0.1, -0.05) is 29.3 Å². The molecule has 0 radical (unpaired) electrons. The van der Waals surface area contributed by atoms with Gasteiger partial charge in [0.25, 0.3) is 0 Å². The van der Waals surface area contributed by atoms with E-state index in [1.807, 2.05) is 43.1 Å². The molecule has 0 atom stereocenters. The maximum Gasteiger partial charge on any atom is 0.238 e. The monoisotopic (exact) mass is 332 g/mol. The van der Waals surface area contributed by atoms with Crippen molar-refractivity contribution in [1.82, 2.24) is 4.90 Å². The molecule has 4 nitrogen and oxygen atoms in total. The number of nitrogens with zero attached hydrogens (tertiary/aromatic N) is 1. The van der Waals surface area contributed by atoms with Crippen LogP contribution in [0, 0.1) is 6.92 Å². The summed E-state index contributed by atoms with van der Waals surface area (Å²) in [6.07, 6.45) is 0. The molecule has 0 aliphatic heterocycles. The maximum atomic E-state index is 12.0. The molecule has 0 spiro atoms. The van der Waals surface area contributed by atoms with Crippen molar-refractivity contribution < 1.29 is 9.53 Å². The Morgan fingerprint density at radius 3 is 2.43 bits per heavy atom. The van der Waals surface area contributed by atoms with Crippen molar-refractivity contribution in [2.75, 3.05) is 32.1 Å². The van der Waals surface area contributed by atoms with Crippen molar-refractivity contribution in [2.45, 2.75) is 6.92 Å². The lowest BCUT2D eigenvalue weighted by Crippen LogP contribution is -2.33. The van der Waals surface area contributed by atoms with Gasteiger partial charge in [0.05, 0.1) is 6.54 Å². The third-order valence-corrected chi connectivity index (χ3v) is 3.56. The average molecular weight is 333 g/mol. The second-order valence-electron chi connectivity index (χ2n) is 5.45. The van der Waals surface area contributed by atoms with Gasteiger partial charge in [-0.2, -0.15) is 0 Å². The third kappa shape index (κ3) is 6.30. The topological polar surface area (TPSA) is 41.6 Å². The number of benzene rings is 2. The van der Waals surface area contributed by atoms with E-state index in [4.69, 9.17) is 16.3 Å². The molecular weight excluding hydrogens is 312 g/mol. The van der Waals surface area contributed by atoms with E-state index < -0.39 is 0 Å². The number of halogens is 1. The van der Waals surface area contributed by atoms with Crippen molar-refractivity contribution in [3.63, 3.8) is 0 Å². The van der Waals surface area contributed by atoms with Crippen LogP contribution < -0.4 is 10.1 Å². The first kappa shape index (κ1) is 17.3. The first-order valence-electron chi connectivity index (χ1n) is 7.46. The van der Waals surface area contributed by atoms with E-state index in [2.05, 4.69) is 5.32 Å². The minimum atomic E-state index is -0.0647. The van der Waals surface area contributed by atoms with Gasteiger partial charge in [0.1, 0.15) is 12.4 Å². The molecule has 0 heterocycles. The molecule has 2 rings (SSSR count). The van der Waals surface area contributed by atoms with Gasteiger partial charge >= 0.3 is 0 Å². The number of rotatable bonds is 7. The first-order chi connectivity index (χ1) is 11.0. The minimum absolute atomic E-state index is 0.0647. The van der Waals surface area contributed by atoms with Crippen LogP contribution in [0.25, 0.3) is 0 Å². The molecule has 1 N–H and O–H groups in total. The van der Waals surface area contributed by atoms with Gasteiger partial charge in [-0.3, -0.25) is 9.69 Å². The van der Waals surface area contributed by atoms with Crippen LogP contribution in [-0.4, -0.2) is 37.6 Å². The number of nitrogens with one attached hydrogen (secondary N) is 1. The van der Waals surface area contributed by atoms with Crippen LogP contribution in [0.5, 0.6) is 5.75 Å². The van der Waals surface area contributed by atoms with Crippen LogP contribution in [0.15, 0.2) is 48.5 Å². The lowest BCUT2D eigenvalue weighted by atomic mass is 10.2. The van der Waals surface area contributed by atoms with Crippen LogP contribution in [0.1, 0.15) is 5.56 Å². The van der Waals surface area contributed by atoms with E-state index >= 15 is 0 Å². The summed E-state index contributed by atoms with van der Waals surface area (Å²) in [7, 11) is 1.89. The summed E-state index contributed by atoms with van der Waals surface area (Å²) in [6.45, 7) is 3.55. The zero-order chi connectivity index (χ0) is 16.7. The lowest BCUT2D eigenvalue weighted by molar-refractivity contribution is -0.117. The summed E-state index contributed by atoms with van der Waals surface area (Å²) >= 11 is 5.81. The zero-order valence-electron chi connectivity index (χ0n) is 13.4. The smallest absolute Gasteiger partial charge is 0.238 e. The molecule has 2 aromatic rings. The highest BCUT2D eigenvalue weighted by Crippen LogP contribution is 2.13. The van der Waals surface area contributed by atoms with Crippen molar-refractivity contribution >= 4 is 23.2 Å². The molecule has 0 aliphatic rings. The SMILES string of the molecule is Cc1ccc(OCCN(C)CC(=O)Nc2ccc(Cl)cc2)cc1. The fourth-order valence-corrected chi connectivity index (χ4v) is 2.14. The Labute approximate surface area is 142 Å². The number of amides is 1. The van der Waals surface area contributed by atoms with E-state index in [0.717, 1.165) is 11.4 Å². The van der Waals surface area contributed by atoms with E-state index in [-0.39, 0.29) is 5.91 Å². The Hall–Kier alpha value is -2.04. The number of carbonyl (C=O) groups is 1. The second kappa shape index (κ2) is 8.56. The number of hydrogen-bond acceptors (Lipinski definition) is 3. The summed E-state index contributed by atoms with van der Waals surface area (Å²) in [5.41, 5.74) is 1.94. The number of anilines is 1. The van der Waals surface area contributed by atoms with Crippen molar-refractivity contribution in [3.05, 3.63) is 59.1 Å². The second-order valence-corrected chi connectivity index (χ2v) is 5.89. The minimum Gasteiger partial charge on any atom is -0.492 e. The molecule has 0 unspecified atom stereocenters. The predicted molar refractivity (Wildman–Crippen MR) is 94.3 cm³/mol. The van der Waals surface area contributed by atoms with Gasteiger partial charge < -0.3 is 10.1 Å². The van der Waals surface area contributed by atoms with Crippen LogP contribution in [0.4, 0.5) is 5.69 Å². The number of likely N-dealkylation sites (N-methyl/N-ethyl adjacent to an activating group) is 1. The van der Waals surface area contributed by atoms with E-state index in [9.17, 15) is 4.79 Å². The molecule has 5 heteroatoms. The molecule has 2 aromatic carbocycles. The van der Waals surface area contributed by atoms with Gasteiger partial charge in [-0.25, -0.2) is 0 Å². The molecule has 0 saturated carbocycles. The first-order valence-corrected chi connectivity index (χ1v) is 7.84. The Kier molecular flexibility index (Phi) is 6.44. The molecule has 23 heavy (non-hydrogen) atoms. The number of ether oxygens (including phenoxy) is 1. The molecular formula is C18H21ClN2O2. The van der Waals surface area contributed by atoms with E-state index in [0.29, 0.717) is 24.7 Å². The third-order valence-electron chi connectivity index (χ3n) is 3.30. The summed E-state index contributed by atoms with van der Waals surface area (Å²) in [5.74, 6) is 0.778. The van der Waals surface area contributed by atoms with Gasteiger partial charge in [0, 0.05) is 17.3 Å². The molecule has 122 valence electrons. The largest absolute Gasteiger partial charge is 0.492 e. The Balaban J connectivity index is 1.69. The predicted octanol–water partition coefficient (Wildman–Crippen LogP) is 3.60. The Morgan fingerprint density at radius 1 is 1.13 bits per heavy atom. The van der Waals surface area contributed by atoms with Crippen molar-refractivity contribution in [1.29, 1.82) is 0 Å². The molecule has 0 aliphatic carbocycles. The van der Waals surface area contributed by atoms with Gasteiger partial charge in [0.15, 0.2) is 0 Å². The molecule has 0 bridgehead atoms. The number of hydrogen-bond donors (Lipinski definition) is 1. The summed E-state index contributed by atoms with van der Waals surface area (Å²) < 4.78 is 5.66. The molecule has 0 saturated heterocycles. The van der Waals surface area contributed by atoms with E-state index in [1.165, 1.54) is 5.56 Å². The highest BCUT2D eigenvalue weighted by Gasteiger charge is 2.07. The standard InChI is InChI=1S/C18H21ClN2O2/c1-14-3-9-17(10-4-14)23-12-11-21(2)13-18(22)20-16-7-5-15(19)6-8-16/h3-10H,11-13H2,1-2H3,(H,20,22). The average Bonchev–Trinajstić information content (AvgIpc) is 2.51. The number of carbonyl (C=O) groups excluding carboxylic acids is 1. The van der Waals surface area contributed by atoms with Gasteiger partial charge in [0.2, 0.25) is 5.91 Å². The summed E-state index contributed by atoms with van der Waals surface area (Å²) in [4.78, 5) is 13.9. The van der Waals surface area contributed by atoms with Gasteiger partial charge in [-0.05, 0) is 50.4 Å². The van der Waals surface area contributed by atoms with Crippen LogP contribution in [0.2, 0.25) is 5.02 Å². The van der Waals surface area contributed by atoms with Gasteiger partial charge in [-0.15, -0.1) is 0 Å². The van der Waals surface area contributed by atoms with Crippen LogP contribution >= 0.6 is 11.6 Å². The Bertz CT molecular complexity index is 626. The zero-order valence-corrected chi connectivity index (χ0v) is 14.1. The lowest BCUT2D eigenvalue weighted by Gasteiger charge is -2.16. The fourth-order valence-electron chi connectivity index (χ4n) is 2.01. The molecule has 0 fully saturated rings. The van der Waals surface area contributed by atoms with Crippen LogP contribution in [0.3, 0.4) is 0 Å². The number of aryl methyl sites for hydroxylation is 1. The molecule has 0 aromatic heterocycles. The summed E-state index contributed by atoms with van der Waals surface area (Å²) in [5, 5.41) is 3.48. The van der Waals surface area contributed by atoms with Crippen molar-refractivity contribution in [3.8, 4) is 5.75 Å². The van der Waals surface area contributed by atoms with Crippen LogP contribution in [-0.2, 0) is 4.79 Å². The van der Waals surface area contributed by atoms with E-state index in [1.54, 1.807) is 24.3 Å². The Morgan fingerprint density at radius 2 is 1.78 bits per heavy atom. The fraction of sp³-hybridized carbons (Fsp3) is 0.278. The highest BCUT2D eigenvalue weighted by molar-refractivity contribution is 6.30. The molecule has 1 amide bonds.